The molecule has 0 aromatic heterocycles. The molecule has 2 fully saturated rings. The Morgan fingerprint density at radius 1 is 0.548 bits per heavy atom. The zero-order valence-electron chi connectivity index (χ0n) is 22.7. The van der Waals surface area contributed by atoms with Crippen LogP contribution >= 0.6 is 0 Å². The lowest BCUT2D eigenvalue weighted by molar-refractivity contribution is -0.253. The molecule has 0 saturated heterocycles. The lowest BCUT2D eigenvalue weighted by Crippen LogP contribution is -2.52. The molecule has 2 aliphatic carbocycles. The number of halogens is 1. The molecule has 184 valence electrons. The van der Waals surface area contributed by atoms with Crippen LogP contribution in [-0.2, 0) is 4.94 Å². The predicted molar refractivity (Wildman–Crippen MR) is 129 cm³/mol. The van der Waals surface area contributed by atoms with Crippen LogP contribution in [-0.4, -0.2) is 17.3 Å². The average molecular weight is 441 g/mol. The van der Waals surface area contributed by atoms with Crippen LogP contribution in [0.2, 0.25) is 0 Å². The molecule has 2 rings (SSSR count). The van der Waals surface area contributed by atoms with Crippen molar-refractivity contribution in [2.24, 2.45) is 57.2 Å². The highest BCUT2D eigenvalue weighted by molar-refractivity contribution is 5.01. The van der Waals surface area contributed by atoms with Gasteiger partial charge >= 0.3 is 0 Å². The quantitative estimate of drug-likeness (QED) is 0.470. The van der Waals surface area contributed by atoms with Crippen LogP contribution in [0.1, 0.15) is 109 Å². The Balaban J connectivity index is 2.44. The Morgan fingerprint density at radius 3 is 1.03 bits per heavy atom. The number of aliphatic hydroxyl groups excluding tert-OH is 1. The van der Waals surface area contributed by atoms with Crippen molar-refractivity contribution < 1.29 is 14.6 Å². The maximum Gasteiger partial charge on any atom is 0.105 e. The molecular weight excluding hydrogens is 387 g/mol. The lowest BCUT2D eigenvalue weighted by atomic mass is 9.52. The summed E-state index contributed by atoms with van der Waals surface area (Å²) in [6, 6.07) is 0. The SMILES string of the molecule is CC(C)(C)C1CC(C2CC(C(C)(C)C)C(OF)C(C(C)(C)C)C2)CC(C(C)(C)C)C1O. The highest BCUT2D eigenvalue weighted by Crippen LogP contribution is 2.56. The molecule has 0 aromatic rings. The second kappa shape index (κ2) is 8.90. The van der Waals surface area contributed by atoms with Crippen molar-refractivity contribution in [3.05, 3.63) is 0 Å². The molecule has 0 heterocycles. The lowest BCUT2D eigenvalue weighted by Gasteiger charge is -2.55. The molecule has 2 aliphatic rings. The Hall–Kier alpha value is -0.150. The molecule has 31 heavy (non-hydrogen) atoms. The van der Waals surface area contributed by atoms with E-state index < -0.39 is 0 Å². The van der Waals surface area contributed by atoms with E-state index in [2.05, 4.69) is 83.1 Å². The normalized spacial score (nSPS) is 38.9. The fraction of sp³-hybridized carbons (Fsp3) is 1.00. The third-order valence-corrected chi connectivity index (χ3v) is 9.06. The number of hydrogen-bond acceptors (Lipinski definition) is 2. The van der Waals surface area contributed by atoms with Crippen LogP contribution in [0.3, 0.4) is 0 Å². The van der Waals surface area contributed by atoms with Gasteiger partial charge in [-0.2, -0.15) is 4.94 Å². The Bertz CT molecular complexity index is 538. The van der Waals surface area contributed by atoms with Gasteiger partial charge in [0.15, 0.2) is 0 Å². The van der Waals surface area contributed by atoms with Crippen LogP contribution in [0.4, 0.5) is 4.53 Å². The monoisotopic (exact) mass is 440 g/mol. The van der Waals surface area contributed by atoms with Crippen molar-refractivity contribution >= 4 is 0 Å². The first-order valence-corrected chi connectivity index (χ1v) is 12.7. The fourth-order valence-corrected chi connectivity index (χ4v) is 6.92. The van der Waals surface area contributed by atoms with Gasteiger partial charge in [0, 0.05) is 0 Å². The average Bonchev–Trinajstić information content (AvgIpc) is 2.57. The van der Waals surface area contributed by atoms with E-state index in [4.69, 9.17) is 4.94 Å². The molecule has 0 amide bonds. The summed E-state index contributed by atoms with van der Waals surface area (Å²) in [4.78, 5) is 4.73. The molecule has 3 heteroatoms. The van der Waals surface area contributed by atoms with Gasteiger partial charge in [-0.05, 0) is 87.4 Å². The zero-order chi connectivity index (χ0) is 24.2. The minimum atomic E-state index is -0.331. The van der Waals surface area contributed by atoms with Crippen LogP contribution in [0.15, 0.2) is 0 Å². The van der Waals surface area contributed by atoms with Crippen molar-refractivity contribution in [2.45, 2.75) is 121 Å². The van der Waals surface area contributed by atoms with Gasteiger partial charge in [-0.25, -0.2) is 0 Å². The minimum Gasteiger partial charge on any atom is -0.393 e. The second-order valence-electron chi connectivity index (χ2n) is 15.4. The van der Waals surface area contributed by atoms with Crippen molar-refractivity contribution in [2.75, 3.05) is 0 Å². The first-order chi connectivity index (χ1) is 13.8. The highest BCUT2D eigenvalue weighted by Gasteiger charge is 2.53. The number of rotatable bonds is 2. The van der Waals surface area contributed by atoms with Crippen LogP contribution < -0.4 is 0 Å². The molecule has 1 N–H and O–H groups in total. The van der Waals surface area contributed by atoms with Crippen LogP contribution in [0.5, 0.6) is 0 Å². The summed E-state index contributed by atoms with van der Waals surface area (Å²) in [7, 11) is 0. The van der Waals surface area contributed by atoms with E-state index in [1.165, 1.54) is 0 Å². The summed E-state index contributed by atoms with van der Waals surface area (Å²) >= 11 is 0. The van der Waals surface area contributed by atoms with E-state index in [1.54, 1.807) is 0 Å². The Kier molecular flexibility index (Phi) is 7.78. The molecule has 0 spiro atoms. The van der Waals surface area contributed by atoms with E-state index in [0.717, 1.165) is 25.7 Å². The van der Waals surface area contributed by atoms with E-state index in [9.17, 15) is 9.63 Å². The minimum absolute atomic E-state index is 0.0000352. The Morgan fingerprint density at radius 2 is 0.806 bits per heavy atom. The number of aliphatic hydroxyl groups is 1. The van der Waals surface area contributed by atoms with Crippen LogP contribution in [0.25, 0.3) is 0 Å². The summed E-state index contributed by atoms with van der Waals surface area (Å²) in [6.07, 6.45) is 3.63. The summed E-state index contributed by atoms with van der Waals surface area (Å²) in [5.74, 6) is 2.13. The molecule has 0 bridgehead atoms. The van der Waals surface area contributed by atoms with Gasteiger partial charge in [-0.1, -0.05) is 83.1 Å². The van der Waals surface area contributed by atoms with Gasteiger partial charge in [0.05, 0.1) is 6.10 Å². The van der Waals surface area contributed by atoms with Crippen molar-refractivity contribution in [1.82, 2.24) is 0 Å². The first kappa shape index (κ1) is 27.1. The fourth-order valence-electron chi connectivity index (χ4n) is 6.92. The first-order valence-electron chi connectivity index (χ1n) is 12.7. The van der Waals surface area contributed by atoms with Crippen LogP contribution in [0, 0.1) is 57.2 Å². The molecule has 4 unspecified atom stereocenters. The van der Waals surface area contributed by atoms with Gasteiger partial charge in [0.2, 0.25) is 0 Å². The van der Waals surface area contributed by atoms with E-state index in [0.29, 0.717) is 23.7 Å². The molecule has 0 aromatic carbocycles. The van der Waals surface area contributed by atoms with Gasteiger partial charge in [0.25, 0.3) is 0 Å². The van der Waals surface area contributed by atoms with Gasteiger partial charge in [-0.15, -0.1) is 0 Å². The summed E-state index contributed by atoms with van der Waals surface area (Å²) in [5, 5.41) is 11.4. The standard InChI is InChI=1S/C28H53FO2/c1-25(2,3)19-13-17(14-20(23(19)30)26(4,5)6)18-15-21(27(7,8)9)24(31-29)22(16-18)28(10,11)12/h17-24,30H,13-16H2,1-12H3. The molecule has 4 atom stereocenters. The van der Waals surface area contributed by atoms with E-state index in [1.807, 2.05) is 0 Å². The maximum atomic E-state index is 14.0. The zero-order valence-corrected chi connectivity index (χ0v) is 22.7. The molecule has 0 radical (unpaired) electrons. The third kappa shape index (κ3) is 6.05. The molecule has 2 saturated carbocycles. The van der Waals surface area contributed by atoms with Gasteiger partial charge in [-0.3, -0.25) is 0 Å². The molecule has 2 nitrogen and oxygen atoms in total. The topological polar surface area (TPSA) is 29.5 Å². The van der Waals surface area contributed by atoms with E-state index in [-0.39, 0.29) is 45.7 Å². The van der Waals surface area contributed by atoms with Crippen molar-refractivity contribution in [3.8, 4) is 0 Å². The Labute approximate surface area is 193 Å². The third-order valence-electron chi connectivity index (χ3n) is 9.06. The van der Waals surface area contributed by atoms with Crippen molar-refractivity contribution in [1.29, 1.82) is 0 Å². The van der Waals surface area contributed by atoms with Crippen molar-refractivity contribution in [3.63, 3.8) is 0 Å². The van der Waals surface area contributed by atoms with E-state index >= 15 is 0 Å². The smallest absolute Gasteiger partial charge is 0.105 e. The van der Waals surface area contributed by atoms with Gasteiger partial charge < -0.3 is 5.11 Å². The molecule has 0 aliphatic heterocycles. The summed E-state index contributed by atoms with van der Waals surface area (Å²) in [5.41, 5.74) is 0.154. The summed E-state index contributed by atoms with van der Waals surface area (Å²) in [6.45, 7) is 27.2. The summed E-state index contributed by atoms with van der Waals surface area (Å²) < 4.78 is 14.0. The number of hydrogen-bond donors (Lipinski definition) is 1. The second-order valence-corrected chi connectivity index (χ2v) is 15.4. The maximum absolute atomic E-state index is 14.0. The highest BCUT2D eigenvalue weighted by atomic mass is 19.3. The van der Waals surface area contributed by atoms with Gasteiger partial charge in [0.1, 0.15) is 6.10 Å². The predicted octanol–water partition coefficient (Wildman–Crippen LogP) is 8.09. The largest absolute Gasteiger partial charge is 0.393 e. The molecular formula is C28H53FO2.